The maximum atomic E-state index is 10.4. The first-order chi connectivity index (χ1) is 9.75. The summed E-state index contributed by atoms with van der Waals surface area (Å²) in [4.78, 5) is 0. The highest BCUT2D eigenvalue weighted by Gasteiger charge is 2.44. The van der Waals surface area contributed by atoms with E-state index in [9.17, 15) is 10.4 Å². The fourth-order valence-corrected chi connectivity index (χ4v) is 2.81. The topological polar surface area (TPSA) is 44.0 Å². The lowest BCUT2D eigenvalue weighted by Gasteiger charge is -2.39. The minimum absolute atomic E-state index is 0.561. The zero-order valence-electron chi connectivity index (χ0n) is 11.3. The fraction of sp³-hybridized carbons (Fsp3) is 0.278. The molecule has 0 spiro atoms. The van der Waals surface area contributed by atoms with Crippen molar-refractivity contribution in [3.8, 4) is 17.2 Å². The maximum absolute atomic E-state index is 10.4. The Morgan fingerprint density at radius 3 is 2.05 bits per heavy atom. The van der Waals surface area contributed by atoms with Crippen LogP contribution < -0.4 is 0 Å². The molecule has 1 aliphatic carbocycles. The van der Waals surface area contributed by atoms with Crippen molar-refractivity contribution in [1.82, 2.24) is 0 Å². The molecule has 100 valence electrons. The summed E-state index contributed by atoms with van der Waals surface area (Å²) in [7, 11) is 0. The van der Waals surface area contributed by atoms with E-state index in [2.05, 4.69) is 18.2 Å². The first-order valence-corrected chi connectivity index (χ1v) is 7.00. The molecular formula is C18H17NO. The normalized spacial score (nSPS) is 17.8. The SMILES string of the molecule is N#CC1(C(O)c2ccc(-c3ccccc3)cc2)CCC1. The van der Waals surface area contributed by atoms with Crippen LogP contribution in [0.3, 0.4) is 0 Å². The molecule has 1 saturated carbocycles. The van der Waals surface area contributed by atoms with Crippen LogP contribution in [0.25, 0.3) is 11.1 Å². The molecule has 2 heteroatoms. The van der Waals surface area contributed by atoms with Gasteiger partial charge in [-0.2, -0.15) is 5.26 Å². The molecule has 2 nitrogen and oxygen atoms in total. The number of rotatable bonds is 3. The van der Waals surface area contributed by atoms with Crippen LogP contribution in [0.15, 0.2) is 54.6 Å². The third-order valence-electron chi connectivity index (χ3n) is 4.33. The van der Waals surface area contributed by atoms with Crippen molar-refractivity contribution in [2.45, 2.75) is 25.4 Å². The van der Waals surface area contributed by atoms with Crippen LogP contribution in [0.5, 0.6) is 0 Å². The van der Waals surface area contributed by atoms with Gasteiger partial charge in [0.15, 0.2) is 0 Å². The second-order valence-corrected chi connectivity index (χ2v) is 5.51. The van der Waals surface area contributed by atoms with Gasteiger partial charge in [0.05, 0.1) is 17.6 Å². The van der Waals surface area contributed by atoms with Crippen LogP contribution in [0, 0.1) is 16.7 Å². The average molecular weight is 263 g/mol. The standard InChI is InChI=1S/C18H17NO/c19-13-18(11-4-12-18)17(20)16-9-7-15(8-10-16)14-5-2-1-3-6-14/h1-3,5-10,17,20H,4,11-12H2. The first-order valence-electron chi connectivity index (χ1n) is 7.00. The number of hydrogen-bond acceptors (Lipinski definition) is 2. The molecule has 2 aromatic rings. The number of nitriles is 1. The molecule has 0 radical (unpaired) electrons. The van der Waals surface area contributed by atoms with E-state index in [0.717, 1.165) is 36.0 Å². The van der Waals surface area contributed by atoms with Crippen molar-refractivity contribution in [2.75, 3.05) is 0 Å². The van der Waals surface area contributed by atoms with Gasteiger partial charge < -0.3 is 5.11 Å². The molecule has 20 heavy (non-hydrogen) atoms. The van der Waals surface area contributed by atoms with Crippen LogP contribution in [-0.2, 0) is 0 Å². The Balaban J connectivity index is 1.85. The molecular weight excluding hydrogens is 246 g/mol. The quantitative estimate of drug-likeness (QED) is 0.906. The zero-order chi connectivity index (χ0) is 14.0. The predicted molar refractivity (Wildman–Crippen MR) is 78.7 cm³/mol. The lowest BCUT2D eigenvalue weighted by molar-refractivity contribution is 0.00796. The largest absolute Gasteiger partial charge is 0.387 e. The Morgan fingerprint density at radius 2 is 1.55 bits per heavy atom. The fourth-order valence-electron chi connectivity index (χ4n) is 2.81. The molecule has 3 rings (SSSR count). The van der Waals surface area contributed by atoms with Crippen molar-refractivity contribution >= 4 is 0 Å². The van der Waals surface area contributed by atoms with E-state index < -0.39 is 11.5 Å². The third kappa shape index (κ3) is 2.11. The molecule has 0 aliphatic heterocycles. The lowest BCUT2D eigenvalue weighted by Crippen LogP contribution is -2.34. The van der Waals surface area contributed by atoms with Crippen LogP contribution >= 0.6 is 0 Å². The summed E-state index contributed by atoms with van der Waals surface area (Å²) < 4.78 is 0. The van der Waals surface area contributed by atoms with E-state index in [0.29, 0.717) is 0 Å². The first kappa shape index (κ1) is 12.9. The van der Waals surface area contributed by atoms with E-state index in [1.165, 1.54) is 0 Å². The highest BCUT2D eigenvalue weighted by Crippen LogP contribution is 2.49. The maximum Gasteiger partial charge on any atom is 0.0976 e. The molecule has 1 atom stereocenters. The second-order valence-electron chi connectivity index (χ2n) is 5.51. The smallest absolute Gasteiger partial charge is 0.0976 e. The Morgan fingerprint density at radius 1 is 0.950 bits per heavy atom. The molecule has 0 aromatic heterocycles. The van der Waals surface area contributed by atoms with Gasteiger partial charge in [-0.15, -0.1) is 0 Å². The molecule has 1 aliphatic rings. The minimum Gasteiger partial charge on any atom is -0.387 e. The van der Waals surface area contributed by atoms with E-state index in [4.69, 9.17) is 0 Å². The van der Waals surface area contributed by atoms with Gasteiger partial charge in [-0.3, -0.25) is 0 Å². The van der Waals surface area contributed by atoms with E-state index in [1.807, 2.05) is 42.5 Å². The zero-order valence-corrected chi connectivity index (χ0v) is 11.3. The summed E-state index contributed by atoms with van der Waals surface area (Å²) in [5.41, 5.74) is 2.56. The van der Waals surface area contributed by atoms with E-state index >= 15 is 0 Å². The molecule has 1 unspecified atom stereocenters. The average Bonchev–Trinajstić information content (AvgIpc) is 2.48. The summed E-state index contributed by atoms with van der Waals surface area (Å²) >= 11 is 0. The van der Waals surface area contributed by atoms with Gasteiger partial charge in [-0.25, -0.2) is 0 Å². The van der Waals surface area contributed by atoms with Gasteiger partial charge in [-0.1, -0.05) is 61.0 Å². The molecule has 0 saturated heterocycles. The second kappa shape index (κ2) is 5.11. The van der Waals surface area contributed by atoms with Crippen molar-refractivity contribution in [2.24, 2.45) is 5.41 Å². The van der Waals surface area contributed by atoms with Gasteiger partial charge in [0.25, 0.3) is 0 Å². The monoisotopic (exact) mass is 263 g/mol. The summed E-state index contributed by atoms with van der Waals surface area (Å²) in [6, 6.07) is 20.3. The Hall–Kier alpha value is -2.11. The van der Waals surface area contributed by atoms with E-state index in [-0.39, 0.29) is 0 Å². The Bertz CT molecular complexity index is 621. The number of aliphatic hydroxyl groups is 1. The Kier molecular flexibility index (Phi) is 3.30. The molecule has 2 aromatic carbocycles. The lowest BCUT2D eigenvalue weighted by atomic mass is 9.64. The number of aliphatic hydroxyl groups excluding tert-OH is 1. The Labute approximate surface area is 119 Å². The van der Waals surface area contributed by atoms with Gasteiger partial charge in [0.1, 0.15) is 0 Å². The van der Waals surface area contributed by atoms with Gasteiger partial charge in [0, 0.05) is 0 Å². The van der Waals surface area contributed by atoms with E-state index in [1.54, 1.807) is 0 Å². The third-order valence-corrected chi connectivity index (χ3v) is 4.33. The van der Waals surface area contributed by atoms with Gasteiger partial charge in [-0.05, 0) is 29.5 Å². The van der Waals surface area contributed by atoms with Crippen molar-refractivity contribution in [3.63, 3.8) is 0 Å². The van der Waals surface area contributed by atoms with Gasteiger partial charge in [0.2, 0.25) is 0 Å². The summed E-state index contributed by atoms with van der Waals surface area (Å²) in [5, 5.41) is 19.7. The molecule has 0 bridgehead atoms. The van der Waals surface area contributed by atoms with Crippen molar-refractivity contribution in [3.05, 3.63) is 60.2 Å². The van der Waals surface area contributed by atoms with Crippen molar-refractivity contribution < 1.29 is 5.11 Å². The highest BCUT2D eigenvalue weighted by molar-refractivity contribution is 5.63. The van der Waals surface area contributed by atoms with Crippen molar-refractivity contribution in [1.29, 1.82) is 5.26 Å². The van der Waals surface area contributed by atoms with Crippen LogP contribution in [0.1, 0.15) is 30.9 Å². The summed E-state index contributed by atoms with van der Waals surface area (Å²) in [5.74, 6) is 0. The van der Waals surface area contributed by atoms with Gasteiger partial charge >= 0.3 is 0 Å². The predicted octanol–water partition coefficient (Wildman–Crippen LogP) is 4.08. The number of nitrogens with zero attached hydrogens (tertiary/aromatic N) is 1. The summed E-state index contributed by atoms with van der Waals surface area (Å²) in [6.45, 7) is 0. The molecule has 0 heterocycles. The number of benzene rings is 2. The molecule has 1 N–H and O–H groups in total. The minimum atomic E-state index is -0.675. The van der Waals surface area contributed by atoms with Crippen LogP contribution in [0.2, 0.25) is 0 Å². The summed E-state index contributed by atoms with van der Waals surface area (Å²) in [6.07, 6.45) is 1.95. The highest BCUT2D eigenvalue weighted by atomic mass is 16.3. The molecule has 0 amide bonds. The van der Waals surface area contributed by atoms with Crippen LogP contribution in [-0.4, -0.2) is 5.11 Å². The number of hydrogen-bond donors (Lipinski definition) is 1. The molecule has 1 fully saturated rings. The van der Waals surface area contributed by atoms with Crippen LogP contribution in [0.4, 0.5) is 0 Å².